The zero-order chi connectivity index (χ0) is 24.2. The van der Waals surface area contributed by atoms with Crippen LogP contribution in [-0.4, -0.2) is 47.7 Å². The first-order chi connectivity index (χ1) is 16.4. The second-order valence-electron chi connectivity index (χ2n) is 7.74. The molecule has 4 aromatic rings. The van der Waals surface area contributed by atoms with Crippen molar-refractivity contribution in [2.24, 2.45) is 7.05 Å². The molecule has 34 heavy (non-hydrogen) atoms. The first kappa shape index (κ1) is 23.0. The van der Waals surface area contributed by atoms with Crippen LogP contribution >= 0.6 is 0 Å². The van der Waals surface area contributed by atoms with Gasteiger partial charge in [-0.25, -0.2) is 4.98 Å². The Bertz CT molecular complexity index is 1380. The van der Waals surface area contributed by atoms with E-state index in [1.807, 2.05) is 31.4 Å². The molecule has 0 unspecified atom stereocenters. The number of ketones is 2. The van der Waals surface area contributed by atoms with Crippen molar-refractivity contribution in [1.29, 1.82) is 0 Å². The average molecular weight is 460 g/mol. The van der Waals surface area contributed by atoms with Crippen LogP contribution < -0.4 is 14.2 Å². The normalized spacial score (nSPS) is 10.8. The summed E-state index contributed by atoms with van der Waals surface area (Å²) in [6.45, 7) is 0. The second-order valence-corrected chi connectivity index (χ2v) is 7.74. The molecule has 0 aliphatic rings. The molecule has 174 valence electrons. The SMILES string of the molecule is COc1ccc(C(=O)CCC(=O)c2ccc(OC)c(-c3ccc4cn(C)nc4c3)n2)cc1OC. The van der Waals surface area contributed by atoms with Gasteiger partial charge in [0.25, 0.3) is 0 Å². The smallest absolute Gasteiger partial charge is 0.181 e. The molecule has 4 rings (SSSR count). The molecule has 8 nitrogen and oxygen atoms in total. The van der Waals surface area contributed by atoms with Crippen molar-refractivity contribution >= 4 is 22.5 Å². The lowest BCUT2D eigenvalue weighted by Crippen LogP contribution is -2.08. The number of aromatic nitrogens is 3. The van der Waals surface area contributed by atoms with Crippen molar-refractivity contribution in [3.63, 3.8) is 0 Å². The van der Waals surface area contributed by atoms with E-state index >= 15 is 0 Å². The number of rotatable bonds is 9. The van der Waals surface area contributed by atoms with E-state index < -0.39 is 0 Å². The number of benzene rings is 2. The molecule has 0 saturated carbocycles. The Kier molecular flexibility index (Phi) is 6.58. The Morgan fingerprint density at radius 1 is 0.824 bits per heavy atom. The highest BCUT2D eigenvalue weighted by Gasteiger charge is 2.17. The summed E-state index contributed by atoms with van der Waals surface area (Å²) in [5, 5.41) is 5.45. The molecule has 0 aliphatic carbocycles. The predicted molar refractivity (Wildman–Crippen MR) is 128 cm³/mol. The number of carbonyl (C=O) groups is 2. The third-order valence-electron chi connectivity index (χ3n) is 5.54. The number of Topliss-reactive ketones (excluding diaryl/α,β-unsaturated/α-hetero) is 2. The summed E-state index contributed by atoms with van der Waals surface area (Å²) in [5.74, 6) is 1.16. The molecular formula is C26H25N3O5. The standard InChI is InChI=1S/C26H25N3O5/c1-29-15-18-6-5-17(13-20(18)28-29)26-24(33-3)12-8-19(27-26)22(31)10-9-21(30)16-7-11-23(32-2)25(14-16)34-4/h5-8,11-15H,9-10H2,1-4H3. The van der Waals surface area contributed by atoms with Gasteiger partial charge in [0.05, 0.1) is 26.8 Å². The molecule has 0 aliphatic heterocycles. The van der Waals surface area contributed by atoms with Crippen LogP contribution in [0.5, 0.6) is 17.2 Å². The van der Waals surface area contributed by atoms with E-state index in [2.05, 4.69) is 10.1 Å². The highest BCUT2D eigenvalue weighted by atomic mass is 16.5. The minimum absolute atomic E-state index is 0.0330. The number of nitrogens with zero attached hydrogens (tertiary/aromatic N) is 3. The number of ether oxygens (including phenoxy) is 3. The molecule has 0 saturated heterocycles. The van der Waals surface area contributed by atoms with Crippen molar-refractivity contribution in [2.45, 2.75) is 12.8 Å². The summed E-state index contributed by atoms with van der Waals surface area (Å²) in [6, 6.07) is 14.1. The number of fused-ring (bicyclic) bond motifs is 1. The summed E-state index contributed by atoms with van der Waals surface area (Å²) < 4.78 is 17.7. The van der Waals surface area contributed by atoms with E-state index in [1.165, 1.54) is 14.2 Å². The first-order valence-electron chi connectivity index (χ1n) is 10.7. The van der Waals surface area contributed by atoms with E-state index in [0.29, 0.717) is 28.5 Å². The quantitative estimate of drug-likeness (QED) is 0.340. The minimum atomic E-state index is -0.225. The maximum atomic E-state index is 12.9. The predicted octanol–water partition coefficient (Wildman–Crippen LogP) is 4.51. The number of hydrogen-bond acceptors (Lipinski definition) is 7. The summed E-state index contributed by atoms with van der Waals surface area (Å²) in [5.41, 5.74) is 2.89. The van der Waals surface area contributed by atoms with Crippen LogP contribution in [0.2, 0.25) is 0 Å². The Morgan fingerprint density at radius 2 is 1.53 bits per heavy atom. The van der Waals surface area contributed by atoms with Crippen LogP contribution in [0.25, 0.3) is 22.2 Å². The fraction of sp³-hybridized carbons (Fsp3) is 0.231. The van der Waals surface area contributed by atoms with Crippen LogP contribution in [0.3, 0.4) is 0 Å². The topological polar surface area (TPSA) is 92.5 Å². The molecular weight excluding hydrogens is 434 g/mol. The highest BCUT2D eigenvalue weighted by Crippen LogP contribution is 2.31. The Balaban J connectivity index is 1.54. The van der Waals surface area contributed by atoms with Gasteiger partial charge in [0, 0.05) is 42.6 Å². The number of hydrogen-bond donors (Lipinski definition) is 0. The van der Waals surface area contributed by atoms with Gasteiger partial charge in [-0.1, -0.05) is 12.1 Å². The Morgan fingerprint density at radius 3 is 2.26 bits per heavy atom. The Hall–Kier alpha value is -4.20. The van der Waals surface area contributed by atoms with Gasteiger partial charge in [-0.3, -0.25) is 14.3 Å². The van der Waals surface area contributed by atoms with Gasteiger partial charge in [0.1, 0.15) is 17.1 Å². The van der Waals surface area contributed by atoms with Gasteiger partial charge in [-0.05, 0) is 36.4 Å². The van der Waals surface area contributed by atoms with Gasteiger partial charge >= 0.3 is 0 Å². The van der Waals surface area contributed by atoms with Crippen LogP contribution in [0.1, 0.15) is 33.7 Å². The van der Waals surface area contributed by atoms with Gasteiger partial charge in [-0.15, -0.1) is 0 Å². The van der Waals surface area contributed by atoms with Gasteiger partial charge in [0.2, 0.25) is 0 Å². The third-order valence-corrected chi connectivity index (χ3v) is 5.54. The summed E-state index contributed by atoms with van der Waals surface area (Å²) in [6.07, 6.45) is 2.02. The van der Waals surface area contributed by atoms with Gasteiger partial charge in [-0.2, -0.15) is 5.10 Å². The molecule has 8 heteroatoms. The van der Waals surface area contributed by atoms with Crippen LogP contribution in [0.4, 0.5) is 0 Å². The van der Waals surface area contributed by atoms with Crippen LogP contribution in [0, 0.1) is 0 Å². The van der Waals surface area contributed by atoms with Gasteiger partial charge < -0.3 is 14.2 Å². The summed E-state index contributed by atoms with van der Waals surface area (Å²) in [7, 11) is 6.46. The summed E-state index contributed by atoms with van der Waals surface area (Å²) in [4.78, 5) is 30.1. The monoisotopic (exact) mass is 459 g/mol. The molecule has 0 amide bonds. The molecule has 0 radical (unpaired) electrons. The van der Waals surface area contributed by atoms with E-state index in [4.69, 9.17) is 14.2 Å². The lowest BCUT2D eigenvalue weighted by atomic mass is 10.0. The van der Waals surface area contributed by atoms with E-state index in [0.717, 1.165) is 16.5 Å². The van der Waals surface area contributed by atoms with E-state index in [9.17, 15) is 9.59 Å². The fourth-order valence-electron chi connectivity index (χ4n) is 3.77. The van der Waals surface area contributed by atoms with E-state index in [-0.39, 0.29) is 30.1 Å². The molecule has 2 aromatic carbocycles. The zero-order valence-electron chi connectivity index (χ0n) is 19.5. The largest absolute Gasteiger partial charge is 0.494 e. The maximum Gasteiger partial charge on any atom is 0.181 e. The van der Waals surface area contributed by atoms with Crippen molar-refractivity contribution < 1.29 is 23.8 Å². The molecule has 0 fully saturated rings. The lowest BCUT2D eigenvalue weighted by Gasteiger charge is -2.10. The van der Waals surface area contributed by atoms with Gasteiger partial charge in [0.15, 0.2) is 23.1 Å². The van der Waals surface area contributed by atoms with Crippen molar-refractivity contribution in [3.05, 3.63) is 66.0 Å². The number of pyridine rings is 1. The summed E-state index contributed by atoms with van der Waals surface area (Å²) >= 11 is 0. The number of aryl methyl sites for hydroxylation is 1. The highest BCUT2D eigenvalue weighted by molar-refractivity contribution is 6.02. The first-order valence-corrected chi connectivity index (χ1v) is 10.7. The van der Waals surface area contributed by atoms with Crippen LogP contribution in [-0.2, 0) is 7.05 Å². The molecule has 0 N–H and O–H groups in total. The van der Waals surface area contributed by atoms with Crippen molar-refractivity contribution in [2.75, 3.05) is 21.3 Å². The minimum Gasteiger partial charge on any atom is -0.494 e. The third kappa shape index (κ3) is 4.61. The molecule has 0 spiro atoms. The zero-order valence-corrected chi connectivity index (χ0v) is 19.5. The Labute approximate surface area is 197 Å². The van der Waals surface area contributed by atoms with Crippen molar-refractivity contribution in [3.8, 4) is 28.5 Å². The second kappa shape index (κ2) is 9.74. The molecule has 0 bridgehead atoms. The molecule has 2 heterocycles. The van der Waals surface area contributed by atoms with E-state index in [1.54, 1.807) is 42.1 Å². The molecule has 2 aromatic heterocycles. The molecule has 0 atom stereocenters. The number of carbonyl (C=O) groups excluding carboxylic acids is 2. The average Bonchev–Trinajstić information content (AvgIpc) is 3.25. The maximum absolute atomic E-state index is 12.9. The van der Waals surface area contributed by atoms with Crippen LogP contribution in [0.15, 0.2) is 54.7 Å². The van der Waals surface area contributed by atoms with Crippen molar-refractivity contribution in [1.82, 2.24) is 14.8 Å². The fourth-order valence-corrected chi connectivity index (χ4v) is 3.77. The number of methoxy groups -OCH3 is 3. The lowest BCUT2D eigenvalue weighted by molar-refractivity contribution is 0.0915.